The molecular weight excluding hydrogens is 424 g/mol. The topological polar surface area (TPSA) is 83.3 Å². The van der Waals surface area contributed by atoms with E-state index in [1.165, 1.54) is 17.7 Å². The highest BCUT2D eigenvalue weighted by atomic mass is 16.7. The highest BCUT2D eigenvalue weighted by molar-refractivity contribution is 5.46. The van der Waals surface area contributed by atoms with E-state index in [9.17, 15) is 10.1 Å². The third-order valence-corrected chi connectivity index (χ3v) is 7.83. The molecule has 0 amide bonds. The summed E-state index contributed by atoms with van der Waals surface area (Å²) >= 11 is 0. The summed E-state index contributed by atoms with van der Waals surface area (Å²) < 4.78 is 23.9. The molecule has 8 nitrogen and oxygen atoms in total. The Labute approximate surface area is 193 Å². The van der Waals surface area contributed by atoms with Crippen molar-refractivity contribution in [1.82, 2.24) is 4.90 Å². The summed E-state index contributed by atoms with van der Waals surface area (Å²) in [7, 11) is 5.50. The number of rotatable bonds is 5. The monoisotopic (exact) mass is 454 g/mol. The SMILES string of the molecule is COc1ccc(C23CCN(C)C2CC2(CC3)OCC(c3ccc([N+](=O)[O-])cc3)O2)cc1OC. The number of hydrogen-bond donors (Lipinski definition) is 0. The summed E-state index contributed by atoms with van der Waals surface area (Å²) in [5.41, 5.74) is 2.28. The van der Waals surface area contributed by atoms with Crippen molar-refractivity contribution in [1.29, 1.82) is 0 Å². The zero-order chi connectivity index (χ0) is 23.2. The molecule has 3 aliphatic rings. The molecular formula is C25H30N2O6. The molecule has 2 aliphatic heterocycles. The number of hydrogen-bond acceptors (Lipinski definition) is 7. The van der Waals surface area contributed by atoms with Gasteiger partial charge in [-0.05, 0) is 61.8 Å². The Hall–Kier alpha value is -2.68. The lowest BCUT2D eigenvalue weighted by atomic mass is 9.64. The zero-order valence-electron chi connectivity index (χ0n) is 19.3. The predicted octanol–water partition coefficient (Wildman–Crippen LogP) is 4.22. The minimum absolute atomic E-state index is 0.0116. The van der Waals surface area contributed by atoms with Crippen molar-refractivity contribution in [3.05, 3.63) is 63.7 Å². The average Bonchev–Trinajstić information content (AvgIpc) is 3.41. The number of ether oxygens (including phenoxy) is 4. The van der Waals surface area contributed by atoms with Gasteiger partial charge in [-0.2, -0.15) is 0 Å². The molecule has 4 atom stereocenters. The van der Waals surface area contributed by atoms with Crippen LogP contribution >= 0.6 is 0 Å². The van der Waals surface area contributed by atoms with Crippen LogP contribution in [0.4, 0.5) is 5.69 Å². The first kappa shape index (κ1) is 22.1. The van der Waals surface area contributed by atoms with E-state index < -0.39 is 5.79 Å². The highest BCUT2D eigenvalue weighted by Gasteiger charge is 2.57. The summed E-state index contributed by atoms with van der Waals surface area (Å²) in [6.45, 7) is 1.47. The van der Waals surface area contributed by atoms with Crippen molar-refractivity contribution in [3.63, 3.8) is 0 Å². The molecule has 3 fully saturated rings. The summed E-state index contributed by atoms with van der Waals surface area (Å²) in [6, 6.07) is 13.2. The van der Waals surface area contributed by atoms with Crippen LogP contribution in [0.3, 0.4) is 0 Å². The third kappa shape index (κ3) is 3.66. The number of nitro groups is 1. The average molecular weight is 455 g/mol. The molecule has 4 unspecified atom stereocenters. The quantitative estimate of drug-likeness (QED) is 0.494. The lowest BCUT2D eigenvalue weighted by molar-refractivity contribution is -0.384. The maximum atomic E-state index is 11.0. The Bertz CT molecular complexity index is 1040. The van der Waals surface area contributed by atoms with Crippen molar-refractivity contribution < 1.29 is 23.9 Å². The smallest absolute Gasteiger partial charge is 0.269 e. The van der Waals surface area contributed by atoms with Gasteiger partial charge in [0.2, 0.25) is 0 Å². The van der Waals surface area contributed by atoms with Crippen LogP contribution in [0.5, 0.6) is 11.5 Å². The van der Waals surface area contributed by atoms with Crippen LogP contribution in [-0.2, 0) is 14.9 Å². The van der Waals surface area contributed by atoms with E-state index in [-0.39, 0.29) is 28.2 Å². The van der Waals surface area contributed by atoms with E-state index in [1.54, 1.807) is 26.4 Å². The van der Waals surface area contributed by atoms with Crippen molar-refractivity contribution >= 4 is 5.69 Å². The van der Waals surface area contributed by atoms with Crippen LogP contribution in [0.2, 0.25) is 0 Å². The Kier molecular flexibility index (Phi) is 5.55. The van der Waals surface area contributed by atoms with Gasteiger partial charge in [0.05, 0.1) is 25.7 Å². The summed E-state index contributed by atoms with van der Waals surface area (Å²) in [6.07, 6.45) is 3.39. The van der Waals surface area contributed by atoms with Gasteiger partial charge in [0, 0.05) is 36.4 Å². The second-order valence-corrected chi connectivity index (χ2v) is 9.35. The molecule has 0 N–H and O–H groups in total. The number of nitrogens with zero attached hydrogens (tertiary/aromatic N) is 2. The maximum Gasteiger partial charge on any atom is 0.269 e. The number of methoxy groups -OCH3 is 2. The van der Waals surface area contributed by atoms with Gasteiger partial charge >= 0.3 is 0 Å². The molecule has 5 rings (SSSR count). The number of fused-ring (bicyclic) bond motifs is 1. The fourth-order valence-electron chi connectivity index (χ4n) is 5.97. The molecule has 8 heteroatoms. The largest absolute Gasteiger partial charge is 0.493 e. The molecule has 2 saturated heterocycles. The second kappa shape index (κ2) is 8.27. The molecule has 0 aromatic heterocycles. The number of likely N-dealkylation sites (tertiary alicyclic amines) is 1. The van der Waals surface area contributed by atoms with Crippen molar-refractivity contribution in [2.24, 2.45) is 0 Å². The number of benzene rings is 2. The Morgan fingerprint density at radius 3 is 2.52 bits per heavy atom. The standard InChI is InChI=1S/C25H30N2O6/c1-26-13-12-24(18-6-9-20(30-2)21(14-18)31-3)10-11-25(15-23(24)26)32-16-22(33-25)17-4-7-19(8-5-17)27(28)29/h4-9,14,22-23H,10-13,15-16H2,1-3H3. The van der Waals surface area contributed by atoms with Crippen molar-refractivity contribution in [2.75, 3.05) is 34.4 Å². The number of likely N-dealkylation sites (N-methyl/N-ethyl adjacent to an activating group) is 1. The first-order chi connectivity index (χ1) is 15.9. The second-order valence-electron chi connectivity index (χ2n) is 9.35. The molecule has 1 aliphatic carbocycles. The van der Waals surface area contributed by atoms with Gasteiger partial charge in [-0.25, -0.2) is 0 Å². The molecule has 1 spiro atoms. The Morgan fingerprint density at radius 1 is 1.06 bits per heavy atom. The number of nitro benzene ring substituents is 1. The summed E-state index contributed by atoms with van der Waals surface area (Å²) in [5.74, 6) is 0.862. The van der Waals surface area contributed by atoms with E-state index in [0.717, 1.165) is 49.3 Å². The predicted molar refractivity (Wildman–Crippen MR) is 122 cm³/mol. The van der Waals surface area contributed by atoms with Crippen molar-refractivity contribution in [3.8, 4) is 11.5 Å². The normalized spacial score (nSPS) is 31.5. The molecule has 2 aromatic rings. The summed E-state index contributed by atoms with van der Waals surface area (Å²) in [4.78, 5) is 13.0. The van der Waals surface area contributed by atoms with Crippen LogP contribution in [0.25, 0.3) is 0 Å². The molecule has 1 saturated carbocycles. The molecule has 0 bridgehead atoms. The van der Waals surface area contributed by atoms with Crippen LogP contribution in [0.1, 0.15) is 42.9 Å². The molecule has 2 heterocycles. The van der Waals surface area contributed by atoms with Gasteiger partial charge < -0.3 is 23.8 Å². The van der Waals surface area contributed by atoms with Crippen LogP contribution in [0, 0.1) is 10.1 Å². The van der Waals surface area contributed by atoms with E-state index >= 15 is 0 Å². The van der Waals surface area contributed by atoms with Gasteiger partial charge in [0.15, 0.2) is 17.3 Å². The van der Waals surface area contributed by atoms with Crippen molar-refractivity contribution in [2.45, 2.75) is 49.0 Å². The maximum absolute atomic E-state index is 11.0. The van der Waals surface area contributed by atoms with E-state index in [4.69, 9.17) is 18.9 Å². The van der Waals surface area contributed by atoms with Gasteiger partial charge in [-0.3, -0.25) is 10.1 Å². The fourth-order valence-corrected chi connectivity index (χ4v) is 5.97. The minimum Gasteiger partial charge on any atom is -0.493 e. The minimum atomic E-state index is -0.629. The first-order valence-corrected chi connectivity index (χ1v) is 11.4. The Morgan fingerprint density at radius 2 is 1.82 bits per heavy atom. The summed E-state index contributed by atoms with van der Waals surface area (Å²) in [5, 5.41) is 11.0. The Balaban J connectivity index is 1.38. The number of non-ortho nitro benzene ring substituents is 1. The van der Waals surface area contributed by atoms with Gasteiger partial charge in [0.25, 0.3) is 5.69 Å². The van der Waals surface area contributed by atoms with E-state index in [1.807, 2.05) is 6.07 Å². The third-order valence-electron chi connectivity index (χ3n) is 7.83. The molecule has 176 valence electrons. The van der Waals surface area contributed by atoms with Crippen LogP contribution < -0.4 is 9.47 Å². The fraction of sp³-hybridized carbons (Fsp3) is 0.520. The lowest BCUT2D eigenvalue weighted by Gasteiger charge is -2.48. The van der Waals surface area contributed by atoms with Gasteiger partial charge in [-0.15, -0.1) is 0 Å². The van der Waals surface area contributed by atoms with Gasteiger partial charge in [-0.1, -0.05) is 6.07 Å². The van der Waals surface area contributed by atoms with Gasteiger partial charge in [0.1, 0.15) is 6.10 Å². The lowest BCUT2D eigenvalue weighted by Crippen LogP contribution is -2.52. The van der Waals surface area contributed by atoms with E-state index in [0.29, 0.717) is 6.61 Å². The molecule has 33 heavy (non-hydrogen) atoms. The zero-order valence-corrected chi connectivity index (χ0v) is 19.3. The van der Waals surface area contributed by atoms with E-state index in [2.05, 4.69) is 24.1 Å². The van der Waals surface area contributed by atoms with Crippen LogP contribution in [0.15, 0.2) is 42.5 Å². The molecule has 2 aromatic carbocycles. The van der Waals surface area contributed by atoms with Crippen LogP contribution in [-0.4, -0.2) is 56.1 Å². The first-order valence-electron chi connectivity index (χ1n) is 11.4. The highest BCUT2D eigenvalue weighted by Crippen LogP contribution is 2.55. The molecule has 0 radical (unpaired) electrons.